The van der Waals surface area contributed by atoms with E-state index in [1.807, 2.05) is 25.1 Å². The molecule has 19 heavy (non-hydrogen) atoms. The second-order valence-corrected chi connectivity index (χ2v) is 6.66. The third kappa shape index (κ3) is 3.20. The van der Waals surface area contributed by atoms with E-state index in [0.29, 0.717) is 10.7 Å². The number of halogens is 3. The van der Waals surface area contributed by atoms with Crippen molar-refractivity contribution in [2.24, 2.45) is 7.05 Å². The van der Waals surface area contributed by atoms with Gasteiger partial charge in [0.15, 0.2) is 5.78 Å². The summed E-state index contributed by atoms with van der Waals surface area (Å²) < 4.78 is 3.41. The van der Waals surface area contributed by atoms with Crippen LogP contribution in [-0.2, 0) is 13.5 Å². The van der Waals surface area contributed by atoms with Gasteiger partial charge in [-0.25, -0.2) is 0 Å². The van der Waals surface area contributed by atoms with Gasteiger partial charge in [-0.05, 0) is 47.7 Å². The molecule has 0 spiro atoms. The lowest BCUT2D eigenvalue weighted by Gasteiger charge is -2.05. The lowest BCUT2D eigenvalue weighted by atomic mass is 10.0. The van der Waals surface area contributed by atoms with E-state index in [0.717, 1.165) is 19.3 Å². The number of nitrogens with zero attached hydrogens (tertiary/aromatic N) is 2. The van der Waals surface area contributed by atoms with Gasteiger partial charge in [-0.3, -0.25) is 9.48 Å². The Morgan fingerprint density at radius 3 is 2.79 bits per heavy atom. The molecule has 0 radical (unpaired) electrons. The smallest absolute Gasteiger partial charge is 0.168 e. The molecule has 0 saturated carbocycles. The molecule has 2 rings (SSSR count). The Bertz CT molecular complexity index is 654. The highest BCUT2D eigenvalue weighted by atomic mass is 127. The first-order chi connectivity index (χ1) is 8.90. The van der Waals surface area contributed by atoms with Crippen LogP contribution in [0.2, 0.25) is 5.15 Å². The molecule has 0 unspecified atom stereocenters. The summed E-state index contributed by atoms with van der Waals surface area (Å²) in [5, 5.41) is 4.74. The van der Waals surface area contributed by atoms with Crippen molar-refractivity contribution in [3.05, 3.63) is 48.2 Å². The maximum absolute atomic E-state index is 12.4. The molecule has 0 aliphatic heterocycles. The fourth-order valence-corrected chi connectivity index (χ4v) is 3.04. The molecule has 6 heteroatoms. The third-order valence-corrected chi connectivity index (χ3v) is 4.67. The molecule has 0 aliphatic rings. The maximum atomic E-state index is 12.4. The number of aromatic nitrogens is 2. The number of carbonyl (C=O) groups excluding carboxylic acids is 1. The van der Waals surface area contributed by atoms with Crippen LogP contribution >= 0.6 is 50.1 Å². The second-order valence-electron chi connectivity index (χ2n) is 4.20. The minimum Gasteiger partial charge on any atom is -0.294 e. The number of Topliss-reactive ketones (excluding diaryl/α,β-unsaturated/α-hetero) is 1. The Kier molecular flexibility index (Phi) is 4.68. The summed E-state index contributed by atoms with van der Waals surface area (Å²) in [6, 6.07) is 5.70. The number of rotatable bonds is 3. The molecule has 3 nitrogen and oxygen atoms in total. The van der Waals surface area contributed by atoms with E-state index in [9.17, 15) is 4.79 Å². The Balaban J connectivity index is 2.33. The summed E-state index contributed by atoms with van der Waals surface area (Å²) in [4.78, 5) is 12.4. The summed E-state index contributed by atoms with van der Waals surface area (Å²) in [6.45, 7) is 1.86. The maximum Gasteiger partial charge on any atom is 0.168 e. The van der Waals surface area contributed by atoms with E-state index in [2.05, 4.69) is 43.6 Å². The zero-order valence-corrected chi connectivity index (χ0v) is 14.9. The minimum atomic E-state index is 0.0309. The van der Waals surface area contributed by atoms with Crippen molar-refractivity contribution in [2.75, 3.05) is 0 Å². The van der Waals surface area contributed by atoms with Crippen LogP contribution in [0.1, 0.15) is 21.6 Å². The van der Waals surface area contributed by atoms with Gasteiger partial charge in [0.2, 0.25) is 0 Å². The fraction of sp³-hybridized carbons (Fsp3) is 0.231. The van der Waals surface area contributed by atoms with Crippen molar-refractivity contribution in [1.29, 1.82) is 0 Å². The van der Waals surface area contributed by atoms with Crippen LogP contribution < -0.4 is 0 Å². The third-order valence-electron chi connectivity index (χ3n) is 2.84. The number of hydrogen-bond donors (Lipinski definition) is 0. The Morgan fingerprint density at radius 1 is 1.53 bits per heavy atom. The molecule has 0 atom stereocenters. The fourth-order valence-electron chi connectivity index (χ4n) is 1.84. The monoisotopic (exact) mass is 452 g/mol. The van der Waals surface area contributed by atoms with E-state index in [-0.39, 0.29) is 12.2 Å². The Morgan fingerprint density at radius 2 is 2.21 bits per heavy atom. The van der Waals surface area contributed by atoms with E-state index in [4.69, 9.17) is 11.6 Å². The molecule has 2 aromatic rings. The zero-order valence-electron chi connectivity index (χ0n) is 10.4. The first-order valence-corrected chi connectivity index (χ1v) is 7.81. The van der Waals surface area contributed by atoms with Gasteiger partial charge < -0.3 is 0 Å². The van der Waals surface area contributed by atoms with Gasteiger partial charge in [-0.2, -0.15) is 5.10 Å². The molecule has 1 aromatic heterocycles. The van der Waals surface area contributed by atoms with E-state index < -0.39 is 0 Å². The number of carbonyl (C=O) groups is 1. The van der Waals surface area contributed by atoms with Crippen molar-refractivity contribution in [1.82, 2.24) is 9.78 Å². The molecule has 0 N–H and O–H groups in total. The van der Waals surface area contributed by atoms with Crippen molar-refractivity contribution in [2.45, 2.75) is 13.3 Å². The minimum absolute atomic E-state index is 0.0309. The molecule has 0 aliphatic carbocycles. The van der Waals surface area contributed by atoms with Gasteiger partial charge in [0.1, 0.15) is 5.15 Å². The molecule has 0 amide bonds. The topological polar surface area (TPSA) is 34.9 Å². The highest BCUT2D eigenvalue weighted by Crippen LogP contribution is 2.24. The van der Waals surface area contributed by atoms with Gasteiger partial charge in [0.05, 0.1) is 5.69 Å². The molecule has 1 heterocycles. The molecule has 0 bridgehead atoms. The van der Waals surface area contributed by atoms with Crippen LogP contribution in [0.5, 0.6) is 0 Å². The average Bonchev–Trinajstić information content (AvgIpc) is 2.59. The Hall–Kier alpha value is -0.400. The summed E-state index contributed by atoms with van der Waals surface area (Å²) in [6.07, 6.45) is 0.261. The Labute approximate surface area is 138 Å². The van der Waals surface area contributed by atoms with Crippen LogP contribution in [0, 0.1) is 10.5 Å². The SMILES string of the molecule is Cc1nn(C)c(Cl)c1CC(=O)c1cc(I)ccc1Br. The van der Waals surface area contributed by atoms with Crippen LogP contribution in [-0.4, -0.2) is 15.6 Å². The standard InChI is InChI=1S/C13H11BrClIN2O/c1-7-9(13(15)18(2)17-7)6-12(19)10-5-8(16)3-4-11(10)14/h3-5H,6H2,1-2H3. The average molecular weight is 454 g/mol. The summed E-state index contributed by atoms with van der Waals surface area (Å²) in [5.74, 6) is 0.0309. The molecule has 0 saturated heterocycles. The lowest BCUT2D eigenvalue weighted by Crippen LogP contribution is -2.06. The summed E-state index contributed by atoms with van der Waals surface area (Å²) in [5.41, 5.74) is 2.26. The molecular weight excluding hydrogens is 442 g/mol. The quantitative estimate of drug-likeness (QED) is 0.517. The molecule has 100 valence electrons. The predicted octanol–water partition coefficient (Wildman–Crippen LogP) is 4.17. The lowest BCUT2D eigenvalue weighted by molar-refractivity contribution is 0.0992. The summed E-state index contributed by atoms with van der Waals surface area (Å²) >= 11 is 11.7. The first kappa shape index (κ1) is 15.0. The second kappa shape index (κ2) is 5.93. The molecule has 1 aromatic carbocycles. The van der Waals surface area contributed by atoms with Crippen LogP contribution in [0.15, 0.2) is 22.7 Å². The highest BCUT2D eigenvalue weighted by molar-refractivity contribution is 14.1. The number of benzene rings is 1. The number of aryl methyl sites for hydroxylation is 2. The van der Waals surface area contributed by atoms with Gasteiger partial charge in [0, 0.05) is 32.6 Å². The number of ketones is 1. The summed E-state index contributed by atoms with van der Waals surface area (Å²) in [7, 11) is 1.77. The zero-order chi connectivity index (χ0) is 14.2. The number of hydrogen-bond acceptors (Lipinski definition) is 2. The first-order valence-electron chi connectivity index (χ1n) is 5.56. The van der Waals surface area contributed by atoms with E-state index in [1.54, 1.807) is 11.7 Å². The molecule has 0 fully saturated rings. The van der Waals surface area contributed by atoms with E-state index in [1.165, 1.54) is 0 Å². The normalized spacial score (nSPS) is 10.8. The van der Waals surface area contributed by atoms with Gasteiger partial charge >= 0.3 is 0 Å². The van der Waals surface area contributed by atoms with Crippen molar-refractivity contribution >= 4 is 55.9 Å². The van der Waals surface area contributed by atoms with Crippen molar-refractivity contribution in [3.8, 4) is 0 Å². The van der Waals surface area contributed by atoms with Crippen LogP contribution in [0.4, 0.5) is 0 Å². The van der Waals surface area contributed by atoms with E-state index >= 15 is 0 Å². The highest BCUT2D eigenvalue weighted by Gasteiger charge is 2.17. The van der Waals surface area contributed by atoms with Crippen molar-refractivity contribution < 1.29 is 4.79 Å². The largest absolute Gasteiger partial charge is 0.294 e. The van der Waals surface area contributed by atoms with Crippen LogP contribution in [0.25, 0.3) is 0 Å². The molecular formula is C13H11BrClIN2O. The van der Waals surface area contributed by atoms with Gasteiger partial charge in [0.25, 0.3) is 0 Å². The predicted molar refractivity (Wildman–Crippen MR) is 87.8 cm³/mol. The van der Waals surface area contributed by atoms with Gasteiger partial charge in [-0.1, -0.05) is 27.5 Å². The van der Waals surface area contributed by atoms with Crippen LogP contribution in [0.3, 0.4) is 0 Å². The van der Waals surface area contributed by atoms with Crippen molar-refractivity contribution in [3.63, 3.8) is 0 Å². The van der Waals surface area contributed by atoms with Gasteiger partial charge in [-0.15, -0.1) is 0 Å².